The Morgan fingerprint density at radius 3 is 1.92 bits per heavy atom. The molecule has 0 bridgehead atoms. The van der Waals surface area contributed by atoms with E-state index in [1.54, 1.807) is 0 Å². The molecule has 3 atom stereocenters. The molecule has 1 heterocycles. The molecular formula is C22H21NO. The molecule has 0 unspecified atom stereocenters. The van der Waals surface area contributed by atoms with E-state index in [2.05, 4.69) is 36.5 Å². The Balaban J connectivity index is 1.76. The van der Waals surface area contributed by atoms with Gasteiger partial charge in [-0.15, -0.1) is 0 Å². The average Bonchev–Trinajstić information content (AvgIpc) is 3.44. The molecule has 2 heteroatoms. The molecule has 3 aromatic carbocycles. The summed E-state index contributed by atoms with van der Waals surface area (Å²) in [6, 6.07) is 28.6. The highest BCUT2D eigenvalue weighted by Gasteiger charge is 2.54. The third kappa shape index (κ3) is 2.54. The molecule has 0 aromatic heterocycles. The van der Waals surface area contributed by atoms with Crippen molar-refractivity contribution in [2.24, 2.45) is 0 Å². The largest absolute Gasteiger partial charge is 0.379 e. The highest BCUT2D eigenvalue weighted by molar-refractivity contribution is 5.44. The van der Waals surface area contributed by atoms with E-state index in [1.165, 1.54) is 11.1 Å². The first kappa shape index (κ1) is 15.1. The molecule has 3 aromatic rings. The molecule has 1 saturated heterocycles. The molecule has 120 valence electrons. The van der Waals surface area contributed by atoms with Gasteiger partial charge in [-0.3, -0.25) is 0 Å². The van der Waals surface area contributed by atoms with E-state index in [4.69, 9.17) is 0 Å². The Kier molecular flexibility index (Phi) is 3.72. The monoisotopic (exact) mass is 315 g/mol. The van der Waals surface area contributed by atoms with Crippen LogP contribution in [0.2, 0.25) is 0 Å². The van der Waals surface area contributed by atoms with Crippen LogP contribution in [0.3, 0.4) is 0 Å². The van der Waals surface area contributed by atoms with Gasteiger partial charge in [-0.2, -0.15) is 0 Å². The summed E-state index contributed by atoms with van der Waals surface area (Å²) in [7, 11) is 0. The van der Waals surface area contributed by atoms with Crippen molar-refractivity contribution < 1.29 is 5.11 Å². The summed E-state index contributed by atoms with van der Waals surface area (Å²) >= 11 is 0. The Bertz CT molecular complexity index is 814. The Morgan fingerprint density at radius 1 is 0.750 bits per heavy atom. The van der Waals surface area contributed by atoms with Crippen molar-refractivity contribution in [2.45, 2.75) is 24.6 Å². The van der Waals surface area contributed by atoms with E-state index in [1.807, 2.05) is 60.7 Å². The SMILES string of the molecule is Cc1ccc([C@@](O)(c2ccccc2)[C@@H]2N[C@H]2c2ccccc2)cc1. The number of aliphatic hydroxyl groups is 1. The van der Waals surface area contributed by atoms with Gasteiger partial charge in [-0.1, -0.05) is 90.5 Å². The number of aryl methyl sites for hydroxylation is 1. The molecule has 0 saturated carbocycles. The van der Waals surface area contributed by atoms with Gasteiger partial charge in [0, 0.05) is 0 Å². The van der Waals surface area contributed by atoms with Crippen molar-refractivity contribution in [1.29, 1.82) is 0 Å². The van der Waals surface area contributed by atoms with E-state index in [0.717, 1.165) is 11.1 Å². The van der Waals surface area contributed by atoms with Crippen LogP contribution in [0.1, 0.15) is 28.3 Å². The molecular weight excluding hydrogens is 294 g/mol. The van der Waals surface area contributed by atoms with Gasteiger partial charge >= 0.3 is 0 Å². The normalized spacial score (nSPS) is 21.9. The van der Waals surface area contributed by atoms with Crippen molar-refractivity contribution in [1.82, 2.24) is 5.32 Å². The maximum atomic E-state index is 11.8. The van der Waals surface area contributed by atoms with E-state index in [0.29, 0.717) is 0 Å². The Morgan fingerprint density at radius 2 is 1.29 bits per heavy atom. The number of hydrogen-bond donors (Lipinski definition) is 2. The number of benzene rings is 3. The highest BCUT2D eigenvalue weighted by atomic mass is 16.3. The van der Waals surface area contributed by atoms with Crippen LogP contribution in [-0.2, 0) is 5.60 Å². The minimum Gasteiger partial charge on any atom is -0.379 e. The fraction of sp³-hybridized carbons (Fsp3) is 0.182. The lowest BCUT2D eigenvalue weighted by molar-refractivity contribution is 0.0766. The molecule has 0 amide bonds. The number of nitrogens with one attached hydrogen (secondary N) is 1. The molecule has 2 nitrogen and oxygen atoms in total. The summed E-state index contributed by atoms with van der Waals surface area (Å²) in [5, 5.41) is 15.2. The van der Waals surface area contributed by atoms with E-state index >= 15 is 0 Å². The van der Waals surface area contributed by atoms with Crippen LogP contribution < -0.4 is 5.32 Å². The fourth-order valence-corrected chi connectivity index (χ4v) is 3.47. The fourth-order valence-electron chi connectivity index (χ4n) is 3.47. The zero-order valence-electron chi connectivity index (χ0n) is 13.7. The Hall–Kier alpha value is -2.42. The Labute approximate surface area is 142 Å². The summed E-state index contributed by atoms with van der Waals surface area (Å²) in [5.41, 5.74) is 3.21. The standard InChI is InChI=1S/C22H21NO/c1-16-12-14-19(15-13-16)22(24,18-10-6-3-7-11-18)21-20(23-21)17-8-4-2-5-9-17/h2-15,20-21,23-24H,1H3/t20-,21+,22-/m0/s1. The van der Waals surface area contributed by atoms with Gasteiger partial charge in [0.15, 0.2) is 0 Å². The second-order valence-electron chi connectivity index (χ2n) is 6.53. The van der Waals surface area contributed by atoms with Crippen molar-refractivity contribution in [2.75, 3.05) is 0 Å². The minimum absolute atomic E-state index is 0.0370. The predicted octanol–water partition coefficient (Wildman–Crippen LogP) is 3.94. The maximum Gasteiger partial charge on any atom is 0.132 e. The third-order valence-electron chi connectivity index (χ3n) is 4.90. The van der Waals surface area contributed by atoms with Gasteiger partial charge in [0.25, 0.3) is 0 Å². The zero-order chi connectivity index (χ0) is 16.6. The molecule has 2 N–H and O–H groups in total. The lowest BCUT2D eigenvalue weighted by atomic mass is 9.81. The van der Waals surface area contributed by atoms with Gasteiger partial charge < -0.3 is 10.4 Å². The molecule has 1 aliphatic rings. The average molecular weight is 315 g/mol. The summed E-state index contributed by atoms with van der Waals surface area (Å²) in [4.78, 5) is 0. The first-order valence-electron chi connectivity index (χ1n) is 8.35. The minimum atomic E-state index is -1.05. The molecule has 1 fully saturated rings. The molecule has 1 aliphatic heterocycles. The second kappa shape index (κ2) is 5.90. The van der Waals surface area contributed by atoms with Gasteiger partial charge in [0.1, 0.15) is 5.60 Å². The van der Waals surface area contributed by atoms with Crippen LogP contribution in [0.4, 0.5) is 0 Å². The molecule has 0 aliphatic carbocycles. The molecule has 4 rings (SSSR count). The van der Waals surface area contributed by atoms with Crippen molar-refractivity contribution >= 4 is 0 Å². The van der Waals surface area contributed by atoms with Gasteiger partial charge in [0.2, 0.25) is 0 Å². The van der Waals surface area contributed by atoms with Crippen LogP contribution in [0.25, 0.3) is 0 Å². The van der Waals surface area contributed by atoms with Gasteiger partial charge in [-0.25, -0.2) is 0 Å². The number of hydrogen-bond acceptors (Lipinski definition) is 2. The van der Waals surface area contributed by atoms with Gasteiger partial charge in [0.05, 0.1) is 12.1 Å². The predicted molar refractivity (Wildman–Crippen MR) is 96.7 cm³/mol. The lowest BCUT2D eigenvalue weighted by Gasteiger charge is -2.29. The topological polar surface area (TPSA) is 42.2 Å². The van der Waals surface area contributed by atoms with Crippen LogP contribution in [0, 0.1) is 6.92 Å². The lowest BCUT2D eigenvalue weighted by Crippen LogP contribution is -2.35. The first-order valence-corrected chi connectivity index (χ1v) is 8.35. The second-order valence-corrected chi connectivity index (χ2v) is 6.53. The van der Waals surface area contributed by atoms with Crippen molar-refractivity contribution in [3.8, 4) is 0 Å². The smallest absolute Gasteiger partial charge is 0.132 e. The zero-order valence-corrected chi connectivity index (χ0v) is 13.7. The van der Waals surface area contributed by atoms with Crippen LogP contribution >= 0.6 is 0 Å². The molecule has 24 heavy (non-hydrogen) atoms. The summed E-state index contributed by atoms with van der Waals surface area (Å²) < 4.78 is 0. The molecule has 0 radical (unpaired) electrons. The quantitative estimate of drug-likeness (QED) is 0.716. The summed E-state index contributed by atoms with van der Waals surface area (Å²) in [6.07, 6.45) is 0. The van der Waals surface area contributed by atoms with Crippen LogP contribution in [0.5, 0.6) is 0 Å². The van der Waals surface area contributed by atoms with Crippen molar-refractivity contribution in [3.63, 3.8) is 0 Å². The summed E-state index contributed by atoms with van der Waals surface area (Å²) in [5.74, 6) is 0. The number of rotatable bonds is 4. The maximum absolute atomic E-state index is 11.8. The summed E-state index contributed by atoms with van der Waals surface area (Å²) in [6.45, 7) is 2.06. The van der Waals surface area contributed by atoms with Crippen LogP contribution in [0.15, 0.2) is 84.9 Å². The van der Waals surface area contributed by atoms with E-state index in [-0.39, 0.29) is 12.1 Å². The molecule has 0 spiro atoms. The third-order valence-corrected chi connectivity index (χ3v) is 4.90. The van der Waals surface area contributed by atoms with Crippen LogP contribution in [-0.4, -0.2) is 11.1 Å². The highest BCUT2D eigenvalue weighted by Crippen LogP contribution is 2.46. The van der Waals surface area contributed by atoms with E-state index < -0.39 is 5.60 Å². The van der Waals surface area contributed by atoms with Gasteiger partial charge in [-0.05, 0) is 23.6 Å². The van der Waals surface area contributed by atoms with E-state index in [9.17, 15) is 5.11 Å². The first-order chi connectivity index (χ1) is 11.7. The van der Waals surface area contributed by atoms with Crippen molar-refractivity contribution in [3.05, 3.63) is 107 Å².